The Kier molecular flexibility index (Phi) is 8.39. The number of carbonyl (C=O) groups is 2. The van der Waals surface area contributed by atoms with Gasteiger partial charge in [-0.3, -0.25) is 4.79 Å². The number of hydrogen-bond donors (Lipinski definition) is 3. The number of nitrogens with one attached hydrogen (secondary N) is 2. The number of hydrogen-bond acceptors (Lipinski definition) is 6. The first-order chi connectivity index (χ1) is 17.7. The summed E-state index contributed by atoms with van der Waals surface area (Å²) >= 11 is 0. The number of benzene rings is 2. The molecule has 0 bridgehead atoms. The summed E-state index contributed by atoms with van der Waals surface area (Å²) < 4.78 is 29.4. The van der Waals surface area contributed by atoms with Crippen LogP contribution >= 0.6 is 0 Å². The fourth-order valence-electron chi connectivity index (χ4n) is 5.28. The maximum absolute atomic E-state index is 13.1. The standard InChI is InChI=1S/C27H35N3O6S/c1-3-18(15-26(31)32)19-6-8-25(30(4-2)23-9-11-36-12-10-23)24(14-19)29-27(33)28-22-7-5-20-16-37(34,35)17-21(20)13-22/h5-8,13-14,18,23H,3-4,9-12,15-17H2,1-2H3,(H,31,32)(H2,28,29,33)/t18-/m0/s1. The number of anilines is 3. The number of carboxylic acid groups (broad SMARTS) is 1. The van der Waals surface area contributed by atoms with Gasteiger partial charge in [-0.1, -0.05) is 19.1 Å². The first-order valence-electron chi connectivity index (χ1n) is 12.8. The number of fused-ring (bicyclic) bond motifs is 1. The zero-order chi connectivity index (χ0) is 26.6. The van der Waals surface area contributed by atoms with Crippen LogP contribution in [-0.4, -0.2) is 51.3 Å². The van der Waals surface area contributed by atoms with E-state index < -0.39 is 21.8 Å². The van der Waals surface area contributed by atoms with Crippen molar-refractivity contribution in [3.05, 3.63) is 53.1 Å². The summed E-state index contributed by atoms with van der Waals surface area (Å²) in [4.78, 5) is 26.8. The van der Waals surface area contributed by atoms with Gasteiger partial charge >= 0.3 is 12.0 Å². The van der Waals surface area contributed by atoms with Crippen molar-refractivity contribution in [3.63, 3.8) is 0 Å². The molecule has 1 saturated heterocycles. The quantitative estimate of drug-likeness (QED) is 0.429. The number of ether oxygens (including phenoxy) is 1. The van der Waals surface area contributed by atoms with Crippen molar-refractivity contribution in [3.8, 4) is 0 Å². The topological polar surface area (TPSA) is 125 Å². The van der Waals surface area contributed by atoms with E-state index in [1.165, 1.54) is 0 Å². The second-order valence-corrected chi connectivity index (χ2v) is 11.8. The molecule has 10 heteroatoms. The number of carbonyl (C=O) groups excluding carboxylic acids is 1. The molecular weight excluding hydrogens is 494 g/mol. The first kappa shape index (κ1) is 26.9. The molecule has 9 nitrogen and oxygen atoms in total. The summed E-state index contributed by atoms with van der Waals surface area (Å²) in [5.74, 6) is -1.03. The molecule has 2 aromatic carbocycles. The van der Waals surface area contributed by atoms with Gasteiger partial charge < -0.3 is 25.4 Å². The summed E-state index contributed by atoms with van der Waals surface area (Å²) in [6, 6.07) is 10.8. The van der Waals surface area contributed by atoms with Crippen LogP contribution in [0.15, 0.2) is 36.4 Å². The van der Waals surface area contributed by atoms with Gasteiger partial charge in [0.05, 0.1) is 29.3 Å². The molecule has 0 saturated carbocycles. The van der Waals surface area contributed by atoms with Crippen molar-refractivity contribution >= 4 is 38.9 Å². The lowest BCUT2D eigenvalue weighted by atomic mass is 9.92. The Balaban J connectivity index is 1.60. The van der Waals surface area contributed by atoms with Crippen molar-refractivity contribution in [2.45, 2.75) is 63.0 Å². The van der Waals surface area contributed by atoms with E-state index in [0.29, 0.717) is 36.6 Å². The molecule has 0 aromatic heterocycles. The molecular formula is C27H35N3O6S. The monoisotopic (exact) mass is 529 g/mol. The molecule has 2 amide bonds. The van der Waals surface area contributed by atoms with E-state index in [-0.39, 0.29) is 29.9 Å². The second-order valence-electron chi connectivity index (χ2n) is 9.70. The molecule has 2 heterocycles. The van der Waals surface area contributed by atoms with Gasteiger partial charge in [0.25, 0.3) is 0 Å². The van der Waals surface area contributed by atoms with Gasteiger partial charge in [0, 0.05) is 31.5 Å². The minimum absolute atomic E-state index is 0.0109. The van der Waals surface area contributed by atoms with Crippen LogP contribution in [0.25, 0.3) is 0 Å². The Morgan fingerprint density at radius 3 is 2.46 bits per heavy atom. The van der Waals surface area contributed by atoms with Crippen LogP contribution in [0.5, 0.6) is 0 Å². The number of rotatable bonds is 9. The Bertz CT molecular complexity index is 1260. The molecule has 0 radical (unpaired) electrons. The van der Waals surface area contributed by atoms with Crippen molar-refractivity contribution in [1.82, 2.24) is 0 Å². The lowest BCUT2D eigenvalue weighted by Crippen LogP contribution is -2.40. The van der Waals surface area contributed by atoms with Crippen LogP contribution in [0.4, 0.5) is 21.9 Å². The molecule has 0 spiro atoms. The van der Waals surface area contributed by atoms with Crippen molar-refractivity contribution < 1.29 is 27.9 Å². The maximum atomic E-state index is 13.1. The van der Waals surface area contributed by atoms with E-state index in [0.717, 1.165) is 36.2 Å². The number of amides is 2. The highest BCUT2D eigenvalue weighted by Gasteiger charge is 2.26. The van der Waals surface area contributed by atoms with Crippen molar-refractivity contribution in [1.29, 1.82) is 0 Å². The largest absolute Gasteiger partial charge is 0.481 e. The summed E-state index contributed by atoms with van der Waals surface area (Å²) in [5, 5.41) is 15.2. The van der Waals surface area contributed by atoms with Crippen LogP contribution < -0.4 is 15.5 Å². The van der Waals surface area contributed by atoms with Gasteiger partial charge in [0.1, 0.15) is 0 Å². The van der Waals surface area contributed by atoms with Crippen LogP contribution in [-0.2, 0) is 30.9 Å². The van der Waals surface area contributed by atoms with Crippen LogP contribution in [0.3, 0.4) is 0 Å². The SMILES string of the molecule is CC[C@@H](CC(=O)O)c1ccc(N(CC)C2CCOCC2)c(NC(=O)Nc2ccc3c(c2)CS(=O)(=O)C3)c1. The van der Waals surface area contributed by atoms with Gasteiger partial charge in [-0.25, -0.2) is 13.2 Å². The van der Waals surface area contributed by atoms with Crippen molar-refractivity contribution in [2.24, 2.45) is 0 Å². The highest BCUT2D eigenvalue weighted by atomic mass is 32.2. The highest BCUT2D eigenvalue weighted by molar-refractivity contribution is 7.90. The number of nitrogens with zero attached hydrogens (tertiary/aromatic N) is 1. The van der Waals surface area contributed by atoms with Crippen molar-refractivity contribution in [2.75, 3.05) is 35.3 Å². The third-order valence-corrected chi connectivity index (χ3v) is 8.65. The molecule has 0 aliphatic carbocycles. The number of carboxylic acids is 1. The second kappa shape index (κ2) is 11.5. The van der Waals surface area contributed by atoms with Gasteiger partial charge in [-0.05, 0) is 73.1 Å². The lowest BCUT2D eigenvalue weighted by molar-refractivity contribution is -0.137. The smallest absolute Gasteiger partial charge is 0.323 e. The van der Waals surface area contributed by atoms with E-state index in [1.807, 2.05) is 25.1 Å². The van der Waals surface area contributed by atoms with E-state index in [1.54, 1.807) is 18.2 Å². The first-order valence-corrected chi connectivity index (χ1v) is 14.6. The predicted octanol–water partition coefficient (Wildman–Crippen LogP) is 4.73. The normalized spacial score (nSPS) is 17.6. The number of urea groups is 1. The van der Waals surface area contributed by atoms with Crippen LogP contribution in [0, 0.1) is 0 Å². The molecule has 1 atom stereocenters. The third kappa shape index (κ3) is 6.61. The van der Waals surface area contributed by atoms with Gasteiger partial charge in [-0.15, -0.1) is 0 Å². The van der Waals surface area contributed by atoms with Gasteiger partial charge in [0.2, 0.25) is 0 Å². The zero-order valence-corrected chi connectivity index (χ0v) is 22.1. The zero-order valence-electron chi connectivity index (χ0n) is 21.3. The maximum Gasteiger partial charge on any atom is 0.323 e. The molecule has 3 N–H and O–H groups in total. The lowest BCUT2D eigenvalue weighted by Gasteiger charge is -2.36. The van der Waals surface area contributed by atoms with Crippen LogP contribution in [0.2, 0.25) is 0 Å². The summed E-state index contributed by atoms with van der Waals surface area (Å²) in [6.07, 6.45) is 2.44. The molecule has 0 unspecified atom stereocenters. The molecule has 37 heavy (non-hydrogen) atoms. The Morgan fingerprint density at radius 2 is 1.78 bits per heavy atom. The molecule has 2 aromatic rings. The summed E-state index contributed by atoms with van der Waals surface area (Å²) in [5.41, 5.74) is 4.32. The Labute approximate surface area is 218 Å². The summed E-state index contributed by atoms with van der Waals surface area (Å²) in [6.45, 7) is 6.15. The van der Waals surface area contributed by atoms with E-state index in [4.69, 9.17) is 4.74 Å². The minimum atomic E-state index is -3.14. The third-order valence-electron chi connectivity index (χ3n) is 7.15. The Morgan fingerprint density at radius 1 is 1.05 bits per heavy atom. The molecule has 2 aliphatic rings. The highest BCUT2D eigenvalue weighted by Crippen LogP contribution is 2.35. The molecule has 4 rings (SSSR count). The minimum Gasteiger partial charge on any atom is -0.481 e. The van der Waals surface area contributed by atoms with E-state index >= 15 is 0 Å². The molecule has 200 valence electrons. The Hall–Kier alpha value is -3.11. The van der Waals surface area contributed by atoms with Crippen LogP contribution in [0.1, 0.15) is 62.1 Å². The predicted molar refractivity (Wildman–Crippen MR) is 144 cm³/mol. The number of sulfone groups is 1. The summed E-state index contributed by atoms with van der Waals surface area (Å²) in [7, 11) is -3.14. The number of aliphatic carboxylic acids is 1. The fraction of sp³-hybridized carbons (Fsp3) is 0.481. The molecule has 2 aliphatic heterocycles. The van der Waals surface area contributed by atoms with E-state index in [9.17, 15) is 23.1 Å². The van der Waals surface area contributed by atoms with Gasteiger partial charge in [-0.2, -0.15) is 0 Å². The average Bonchev–Trinajstić information content (AvgIpc) is 3.17. The van der Waals surface area contributed by atoms with E-state index in [2.05, 4.69) is 22.5 Å². The fourth-order valence-corrected chi connectivity index (χ4v) is 6.88. The average molecular weight is 530 g/mol. The molecule has 1 fully saturated rings. The van der Waals surface area contributed by atoms with Gasteiger partial charge in [0.15, 0.2) is 9.84 Å².